The Labute approximate surface area is 178 Å². The smallest absolute Gasteiger partial charge is 0.213 e. The molecule has 0 aromatic rings. The summed E-state index contributed by atoms with van der Waals surface area (Å²) in [5, 5.41) is 11.4. The SMILES string of the molecule is [CH2]CCCCCCC(CCC(=O)[C]1OC2CCC1CC2C(Br)CCC)[N+](=O)[O-]. The van der Waals surface area contributed by atoms with Gasteiger partial charge in [-0.3, -0.25) is 14.9 Å². The quantitative estimate of drug-likeness (QED) is 0.137. The van der Waals surface area contributed by atoms with E-state index in [1.54, 1.807) is 0 Å². The summed E-state index contributed by atoms with van der Waals surface area (Å²) in [5.41, 5.74) is 0. The zero-order valence-electron chi connectivity index (χ0n) is 17.2. The number of nitrogens with zero attached hydrogens (tertiary/aromatic N) is 1. The van der Waals surface area contributed by atoms with Gasteiger partial charge >= 0.3 is 0 Å². The van der Waals surface area contributed by atoms with Crippen molar-refractivity contribution in [1.29, 1.82) is 0 Å². The van der Waals surface area contributed by atoms with Crippen molar-refractivity contribution in [3.05, 3.63) is 23.1 Å². The van der Waals surface area contributed by atoms with Crippen molar-refractivity contribution in [3.63, 3.8) is 0 Å². The molecule has 2 heterocycles. The summed E-state index contributed by atoms with van der Waals surface area (Å²) in [6, 6.07) is -0.616. The molecule has 1 aliphatic carbocycles. The highest BCUT2D eigenvalue weighted by Crippen LogP contribution is 2.48. The maximum Gasteiger partial charge on any atom is 0.213 e. The number of unbranched alkanes of at least 4 members (excludes halogenated alkanes) is 4. The molecule has 5 nitrogen and oxygen atoms in total. The molecule has 3 rings (SSSR count). The van der Waals surface area contributed by atoms with E-state index in [4.69, 9.17) is 4.74 Å². The molecule has 2 saturated heterocycles. The van der Waals surface area contributed by atoms with E-state index < -0.39 is 6.04 Å². The van der Waals surface area contributed by atoms with Crippen molar-refractivity contribution in [2.24, 2.45) is 11.8 Å². The number of hydrogen-bond acceptors (Lipinski definition) is 4. The summed E-state index contributed by atoms with van der Waals surface area (Å²) < 4.78 is 6.11. The molecule has 1 saturated carbocycles. The maximum absolute atomic E-state index is 12.7. The molecule has 28 heavy (non-hydrogen) atoms. The van der Waals surface area contributed by atoms with Gasteiger partial charge in [0.2, 0.25) is 6.04 Å². The van der Waals surface area contributed by atoms with Gasteiger partial charge in [0.1, 0.15) is 0 Å². The van der Waals surface area contributed by atoms with Gasteiger partial charge in [0, 0.05) is 29.0 Å². The van der Waals surface area contributed by atoms with Crippen LogP contribution in [0.15, 0.2) is 0 Å². The number of ether oxygens (including phenoxy) is 1. The number of halogens is 1. The third kappa shape index (κ3) is 6.79. The van der Waals surface area contributed by atoms with Crippen molar-refractivity contribution >= 4 is 21.7 Å². The number of carbonyl (C=O) groups is 1. The highest BCUT2D eigenvalue weighted by molar-refractivity contribution is 9.09. The Balaban J connectivity index is 1.78. The van der Waals surface area contributed by atoms with Crippen molar-refractivity contribution < 1.29 is 14.5 Å². The van der Waals surface area contributed by atoms with Gasteiger partial charge in [-0.15, -0.1) is 0 Å². The molecule has 0 amide bonds. The molecule has 0 aromatic carbocycles. The van der Waals surface area contributed by atoms with Crippen LogP contribution in [0.4, 0.5) is 0 Å². The molecule has 2 aliphatic heterocycles. The molecule has 5 unspecified atom stereocenters. The van der Waals surface area contributed by atoms with Crippen LogP contribution in [-0.2, 0) is 9.53 Å². The van der Waals surface area contributed by atoms with Gasteiger partial charge in [0.15, 0.2) is 11.9 Å². The molecule has 3 fully saturated rings. The summed E-state index contributed by atoms with van der Waals surface area (Å²) in [4.78, 5) is 24.3. The molecule has 3 aliphatic rings. The average molecular weight is 458 g/mol. The Hall–Kier alpha value is -0.490. The number of fused-ring (bicyclic) bond motifs is 3. The predicted octanol–water partition coefficient (Wildman–Crippen LogP) is 6.07. The molecular weight excluding hydrogens is 422 g/mol. The van der Waals surface area contributed by atoms with Gasteiger partial charge in [-0.2, -0.15) is 0 Å². The Morgan fingerprint density at radius 3 is 2.61 bits per heavy atom. The van der Waals surface area contributed by atoms with Crippen LogP contribution in [0.2, 0.25) is 0 Å². The topological polar surface area (TPSA) is 69.4 Å². The first-order chi connectivity index (χ1) is 13.5. The predicted molar refractivity (Wildman–Crippen MR) is 115 cm³/mol. The molecule has 2 radical (unpaired) electrons. The Morgan fingerprint density at radius 1 is 1.25 bits per heavy atom. The normalized spacial score (nSPS) is 26.9. The third-order valence-electron chi connectivity index (χ3n) is 6.33. The lowest BCUT2D eigenvalue weighted by Gasteiger charge is -2.47. The van der Waals surface area contributed by atoms with Gasteiger partial charge < -0.3 is 4.74 Å². The van der Waals surface area contributed by atoms with Crippen molar-refractivity contribution in [3.8, 4) is 0 Å². The average Bonchev–Trinajstić information content (AvgIpc) is 2.69. The second-order valence-electron chi connectivity index (χ2n) is 8.46. The second-order valence-corrected chi connectivity index (χ2v) is 9.63. The highest BCUT2D eigenvalue weighted by atomic mass is 79.9. The number of nitro groups is 1. The lowest BCUT2D eigenvalue weighted by molar-refractivity contribution is -0.524. The fourth-order valence-electron chi connectivity index (χ4n) is 4.67. The molecule has 160 valence electrons. The first-order valence-electron chi connectivity index (χ1n) is 11.1. The van der Waals surface area contributed by atoms with Crippen molar-refractivity contribution in [1.82, 2.24) is 0 Å². The number of alkyl halides is 1. The molecule has 0 spiro atoms. The van der Waals surface area contributed by atoms with Crippen molar-refractivity contribution in [2.75, 3.05) is 0 Å². The zero-order valence-corrected chi connectivity index (χ0v) is 18.8. The summed E-state index contributed by atoms with van der Waals surface area (Å²) >= 11 is 3.81. The van der Waals surface area contributed by atoms with Crippen LogP contribution in [0, 0.1) is 35.0 Å². The summed E-state index contributed by atoms with van der Waals surface area (Å²) in [6.45, 7) is 6.00. The van der Waals surface area contributed by atoms with Gasteiger partial charge in [-0.25, -0.2) is 0 Å². The standard InChI is InChI=1S/C22H36BrNO4/c1-3-5-6-7-8-10-17(24(26)27)12-13-20(25)22-16-11-14-21(28-22)18(15-16)19(23)9-4-2/h16-19,21H,1,3-15H2,2H3. The van der Waals surface area contributed by atoms with Gasteiger partial charge in [-0.05, 0) is 43.9 Å². The van der Waals surface area contributed by atoms with E-state index in [0.717, 1.165) is 64.2 Å². The lowest BCUT2D eigenvalue weighted by Crippen LogP contribution is -2.48. The molecule has 2 bridgehead atoms. The Bertz CT molecular complexity index is 501. The monoisotopic (exact) mass is 457 g/mol. The summed E-state index contributed by atoms with van der Waals surface area (Å²) in [6.07, 6.45) is 12.1. The van der Waals surface area contributed by atoms with Crippen LogP contribution in [0.1, 0.15) is 90.4 Å². The zero-order chi connectivity index (χ0) is 20.5. The first kappa shape index (κ1) is 23.8. The van der Waals surface area contributed by atoms with Crippen LogP contribution in [0.3, 0.4) is 0 Å². The van der Waals surface area contributed by atoms with E-state index in [2.05, 4.69) is 29.8 Å². The van der Waals surface area contributed by atoms with Gasteiger partial charge in [0.05, 0.1) is 6.10 Å². The summed E-state index contributed by atoms with van der Waals surface area (Å²) in [5.74, 6) is 0.676. The summed E-state index contributed by atoms with van der Waals surface area (Å²) in [7, 11) is 0. The van der Waals surface area contributed by atoms with Gasteiger partial charge in [-0.1, -0.05) is 61.9 Å². The van der Waals surface area contributed by atoms with Crippen LogP contribution >= 0.6 is 15.9 Å². The molecular formula is C22H36BrNO4. The van der Waals surface area contributed by atoms with Gasteiger partial charge in [0.25, 0.3) is 0 Å². The second kappa shape index (κ2) is 12.3. The maximum atomic E-state index is 12.7. The minimum atomic E-state index is -0.616. The Morgan fingerprint density at radius 2 is 2.00 bits per heavy atom. The molecule has 0 N–H and O–H groups in total. The van der Waals surface area contributed by atoms with Crippen LogP contribution in [0.25, 0.3) is 0 Å². The van der Waals surface area contributed by atoms with Crippen LogP contribution in [-0.4, -0.2) is 27.7 Å². The van der Waals surface area contributed by atoms with Crippen LogP contribution < -0.4 is 0 Å². The highest BCUT2D eigenvalue weighted by Gasteiger charge is 2.47. The lowest BCUT2D eigenvalue weighted by atomic mass is 9.71. The fourth-order valence-corrected chi connectivity index (χ4v) is 5.69. The van der Waals surface area contributed by atoms with E-state index in [1.165, 1.54) is 0 Å². The molecule has 6 heteroatoms. The van der Waals surface area contributed by atoms with E-state index in [-0.39, 0.29) is 29.1 Å². The largest absolute Gasteiger partial charge is 0.360 e. The minimum absolute atomic E-state index is 0.00123. The third-order valence-corrected chi connectivity index (χ3v) is 7.46. The van der Waals surface area contributed by atoms with Crippen LogP contribution in [0.5, 0.6) is 0 Å². The molecule has 0 aromatic heterocycles. The van der Waals surface area contributed by atoms with E-state index in [1.807, 2.05) is 0 Å². The first-order valence-corrected chi connectivity index (χ1v) is 12.0. The molecule has 5 atom stereocenters. The Kier molecular flexibility index (Phi) is 10.4. The van der Waals surface area contributed by atoms with E-state index in [9.17, 15) is 14.9 Å². The number of rotatable bonds is 14. The number of ketones is 1. The van der Waals surface area contributed by atoms with E-state index >= 15 is 0 Å². The number of Topliss-reactive ketones (excluding diaryl/α,β-unsaturated/α-hetero) is 1. The fraction of sp³-hybridized carbons (Fsp3) is 0.864. The number of carbonyl (C=O) groups excluding carboxylic acids is 1. The number of hydrogen-bond donors (Lipinski definition) is 0. The van der Waals surface area contributed by atoms with E-state index in [0.29, 0.717) is 29.7 Å². The van der Waals surface area contributed by atoms with Crippen molar-refractivity contribution in [2.45, 2.75) is 107 Å². The minimum Gasteiger partial charge on any atom is -0.360 e.